The van der Waals surface area contributed by atoms with Crippen molar-refractivity contribution >= 4 is 11.8 Å². The minimum absolute atomic E-state index is 0.0353. The van der Waals surface area contributed by atoms with E-state index in [1.165, 1.54) is 10.6 Å². The lowest BCUT2D eigenvalue weighted by atomic mass is 9.81. The van der Waals surface area contributed by atoms with Crippen molar-refractivity contribution in [2.24, 2.45) is 7.05 Å². The molecule has 1 aromatic heterocycles. The molecular weight excluding hydrogens is 358 g/mol. The fourth-order valence-electron chi connectivity index (χ4n) is 3.91. The van der Waals surface area contributed by atoms with E-state index in [0.717, 1.165) is 25.7 Å². The predicted octanol–water partition coefficient (Wildman–Crippen LogP) is 1.62. The van der Waals surface area contributed by atoms with Gasteiger partial charge in [0.2, 0.25) is 5.56 Å². The summed E-state index contributed by atoms with van der Waals surface area (Å²) in [5.74, 6) is 0.319. The standard InChI is InChI=1S/C21H23N3O4/c1-24-12-14(6-7-18(24)25)19(26)23-15-8-10-21(11-9-15)13-22-20(27)16-4-2-3-5-17(16)28-21/h2-7,12,15H,8-11,13H2,1H3,(H,22,27)(H,23,26). The van der Waals surface area contributed by atoms with E-state index in [4.69, 9.17) is 4.74 Å². The number of carbonyl (C=O) groups excluding carboxylic acids is 2. The lowest BCUT2D eigenvalue weighted by Gasteiger charge is -2.39. The lowest BCUT2D eigenvalue weighted by molar-refractivity contribution is 0.0261. The van der Waals surface area contributed by atoms with Crippen LogP contribution in [0.5, 0.6) is 5.75 Å². The minimum Gasteiger partial charge on any atom is -0.485 e. The van der Waals surface area contributed by atoms with Crippen LogP contribution in [0.15, 0.2) is 47.4 Å². The quantitative estimate of drug-likeness (QED) is 0.827. The number of para-hydroxylation sites is 1. The van der Waals surface area contributed by atoms with E-state index in [1.807, 2.05) is 18.2 Å². The smallest absolute Gasteiger partial charge is 0.255 e. The molecule has 1 aliphatic carbocycles. The average Bonchev–Trinajstić information content (AvgIpc) is 2.83. The van der Waals surface area contributed by atoms with Gasteiger partial charge in [-0.2, -0.15) is 0 Å². The van der Waals surface area contributed by atoms with Crippen LogP contribution >= 0.6 is 0 Å². The Bertz CT molecular complexity index is 974. The topological polar surface area (TPSA) is 89.4 Å². The number of nitrogens with one attached hydrogen (secondary N) is 2. The number of aromatic nitrogens is 1. The fourth-order valence-corrected chi connectivity index (χ4v) is 3.91. The molecule has 2 amide bonds. The molecule has 0 atom stereocenters. The second-order valence-electron chi connectivity index (χ2n) is 7.58. The number of benzene rings is 1. The SMILES string of the molecule is Cn1cc(C(=O)NC2CCC3(CC2)CNC(=O)c2ccccc2O3)ccc1=O. The molecule has 0 unspecified atom stereocenters. The monoisotopic (exact) mass is 381 g/mol. The number of aryl methyl sites for hydroxylation is 1. The Morgan fingerprint density at radius 3 is 2.68 bits per heavy atom. The van der Waals surface area contributed by atoms with Gasteiger partial charge in [-0.25, -0.2) is 0 Å². The van der Waals surface area contributed by atoms with Crippen LogP contribution in [0.1, 0.15) is 46.4 Å². The molecule has 7 heteroatoms. The Kier molecular flexibility index (Phi) is 4.66. The van der Waals surface area contributed by atoms with Crippen LogP contribution in [0.25, 0.3) is 0 Å². The Hall–Kier alpha value is -3.09. The van der Waals surface area contributed by atoms with Crippen molar-refractivity contribution in [2.75, 3.05) is 6.54 Å². The van der Waals surface area contributed by atoms with Crippen molar-refractivity contribution in [1.29, 1.82) is 0 Å². The molecule has 146 valence electrons. The number of hydrogen-bond acceptors (Lipinski definition) is 4. The molecule has 0 bridgehead atoms. The number of fused-ring (bicyclic) bond motifs is 1. The summed E-state index contributed by atoms with van der Waals surface area (Å²) in [6.07, 6.45) is 4.54. The molecule has 1 aromatic carbocycles. The molecular formula is C21H23N3O4. The molecule has 1 fully saturated rings. The lowest BCUT2D eigenvalue weighted by Crippen LogP contribution is -2.51. The summed E-state index contributed by atoms with van der Waals surface area (Å²) in [7, 11) is 1.62. The molecule has 1 spiro atoms. The van der Waals surface area contributed by atoms with E-state index in [2.05, 4.69) is 10.6 Å². The Balaban J connectivity index is 1.42. The van der Waals surface area contributed by atoms with Crippen molar-refractivity contribution < 1.29 is 14.3 Å². The van der Waals surface area contributed by atoms with Gasteiger partial charge >= 0.3 is 0 Å². The Morgan fingerprint density at radius 1 is 1.18 bits per heavy atom. The van der Waals surface area contributed by atoms with Gasteiger partial charge < -0.3 is 19.9 Å². The molecule has 0 saturated heterocycles. The molecule has 4 rings (SSSR count). The molecule has 2 N–H and O–H groups in total. The maximum absolute atomic E-state index is 12.5. The highest BCUT2D eigenvalue weighted by Crippen LogP contribution is 2.36. The third-order valence-electron chi connectivity index (χ3n) is 5.61. The molecule has 28 heavy (non-hydrogen) atoms. The van der Waals surface area contributed by atoms with Crippen LogP contribution in [0.3, 0.4) is 0 Å². The molecule has 2 aromatic rings. The van der Waals surface area contributed by atoms with Gasteiger partial charge in [0.05, 0.1) is 17.7 Å². The zero-order chi connectivity index (χ0) is 19.7. The first-order valence-corrected chi connectivity index (χ1v) is 9.50. The largest absolute Gasteiger partial charge is 0.485 e. The van der Waals surface area contributed by atoms with E-state index in [-0.39, 0.29) is 23.4 Å². The van der Waals surface area contributed by atoms with Gasteiger partial charge in [0.15, 0.2) is 0 Å². The third kappa shape index (κ3) is 3.52. The van der Waals surface area contributed by atoms with E-state index in [1.54, 1.807) is 25.4 Å². The molecule has 2 heterocycles. The highest BCUT2D eigenvalue weighted by Gasteiger charge is 2.40. The summed E-state index contributed by atoms with van der Waals surface area (Å²) in [6, 6.07) is 10.3. The molecule has 0 radical (unpaired) electrons. The number of ether oxygens (including phenoxy) is 1. The van der Waals surface area contributed by atoms with Gasteiger partial charge in [-0.3, -0.25) is 14.4 Å². The van der Waals surface area contributed by atoms with Gasteiger partial charge in [0, 0.05) is 25.4 Å². The maximum Gasteiger partial charge on any atom is 0.255 e. The highest BCUT2D eigenvalue weighted by molar-refractivity contribution is 5.97. The van der Waals surface area contributed by atoms with Crippen molar-refractivity contribution in [2.45, 2.75) is 37.3 Å². The van der Waals surface area contributed by atoms with Gasteiger partial charge in [-0.15, -0.1) is 0 Å². The van der Waals surface area contributed by atoms with E-state index < -0.39 is 5.60 Å². The van der Waals surface area contributed by atoms with Crippen molar-refractivity contribution in [3.63, 3.8) is 0 Å². The van der Waals surface area contributed by atoms with Crippen LogP contribution < -0.4 is 20.9 Å². The van der Waals surface area contributed by atoms with Crippen LogP contribution in [0, 0.1) is 0 Å². The number of nitrogens with zero attached hydrogens (tertiary/aromatic N) is 1. The number of rotatable bonds is 2. The highest BCUT2D eigenvalue weighted by atomic mass is 16.5. The fraction of sp³-hybridized carbons (Fsp3) is 0.381. The summed E-state index contributed by atoms with van der Waals surface area (Å²) >= 11 is 0. The van der Waals surface area contributed by atoms with Crippen LogP contribution in [-0.2, 0) is 7.05 Å². The van der Waals surface area contributed by atoms with E-state index in [0.29, 0.717) is 23.4 Å². The number of hydrogen-bond donors (Lipinski definition) is 2. The predicted molar refractivity (Wildman–Crippen MR) is 104 cm³/mol. The molecule has 7 nitrogen and oxygen atoms in total. The minimum atomic E-state index is -0.444. The third-order valence-corrected chi connectivity index (χ3v) is 5.61. The first kappa shape index (κ1) is 18.3. The van der Waals surface area contributed by atoms with E-state index in [9.17, 15) is 14.4 Å². The number of carbonyl (C=O) groups is 2. The summed E-state index contributed by atoms with van der Waals surface area (Å²) in [5.41, 5.74) is 0.433. The molecule has 2 aliphatic rings. The summed E-state index contributed by atoms with van der Waals surface area (Å²) in [5, 5.41) is 6.02. The van der Waals surface area contributed by atoms with Crippen LogP contribution in [0.4, 0.5) is 0 Å². The number of amides is 2. The van der Waals surface area contributed by atoms with Gasteiger partial charge in [0.25, 0.3) is 11.8 Å². The van der Waals surface area contributed by atoms with Gasteiger partial charge in [-0.05, 0) is 43.9 Å². The normalized spacial score (nSPS) is 23.9. The summed E-state index contributed by atoms with van der Waals surface area (Å²) in [4.78, 5) is 36.3. The number of pyridine rings is 1. The van der Waals surface area contributed by atoms with Gasteiger partial charge in [-0.1, -0.05) is 12.1 Å². The second-order valence-corrected chi connectivity index (χ2v) is 7.58. The molecule has 1 aliphatic heterocycles. The Labute approximate surface area is 162 Å². The molecule has 1 saturated carbocycles. The zero-order valence-corrected chi connectivity index (χ0v) is 15.7. The first-order chi connectivity index (χ1) is 13.5. The van der Waals surface area contributed by atoms with Crippen molar-refractivity contribution in [1.82, 2.24) is 15.2 Å². The van der Waals surface area contributed by atoms with Crippen molar-refractivity contribution in [3.8, 4) is 5.75 Å². The summed E-state index contributed by atoms with van der Waals surface area (Å²) in [6.45, 7) is 0.460. The zero-order valence-electron chi connectivity index (χ0n) is 15.7. The maximum atomic E-state index is 12.5. The van der Waals surface area contributed by atoms with E-state index >= 15 is 0 Å². The van der Waals surface area contributed by atoms with Gasteiger partial charge in [0.1, 0.15) is 11.4 Å². The van der Waals surface area contributed by atoms with Crippen molar-refractivity contribution in [3.05, 3.63) is 64.1 Å². The average molecular weight is 381 g/mol. The Morgan fingerprint density at radius 2 is 1.93 bits per heavy atom. The summed E-state index contributed by atoms with van der Waals surface area (Å²) < 4.78 is 7.68. The van der Waals surface area contributed by atoms with Crippen LogP contribution in [0.2, 0.25) is 0 Å². The second kappa shape index (κ2) is 7.14. The van der Waals surface area contributed by atoms with Crippen LogP contribution in [-0.4, -0.2) is 34.6 Å². The first-order valence-electron chi connectivity index (χ1n) is 9.50.